The summed E-state index contributed by atoms with van der Waals surface area (Å²) in [5, 5.41) is 0. The lowest BCUT2D eigenvalue weighted by molar-refractivity contribution is -0.150. The van der Waals surface area contributed by atoms with Crippen LogP contribution in [0.5, 0.6) is 0 Å². The Hall–Kier alpha value is -0.750. The number of hydrogen-bond acceptors (Lipinski definition) is 5. The molecule has 6 heteroatoms. The molecule has 0 fully saturated rings. The predicted octanol–water partition coefficient (Wildman–Crippen LogP) is 0.0867. The molecule has 2 atom stereocenters. The minimum absolute atomic E-state index is 0.0444. The maximum atomic E-state index is 11.8. The van der Waals surface area contributed by atoms with Crippen LogP contribution in [0.3, 0.4) is 0 Å². The van der Waals surface area contributed by atoms with Crippen LogP contribution >= 0.6 is 11.8 Å². The minimum Gasteiger partial charge on any atom is -0.464 e. The number of thioether (sulfide) groups is 1. The Kier molecular flexibility index (Phi) is 7.16. The monoisotopic (exact) mass is 248 g/mol. The summed E-state index contributed by atoms with van der Waals surface area (Å²) in [6.07, 6.45) is 1.96. The summed E-state index contributed by atoms with van der Waals surface area (Å²) in [5.41, 5.74) is 5.51. The van der Waals surface area contributed by atoms with E-state index in [2.05, 4.69) is 0 Å². The third-order valence-electron chi connectivity index (χ3n) is 2.22. The molecule has 5 nitrogen and oxygen atoms in total. The highest BCUT2D eigenvalue weighted by Crippen LogP contribution is 2.05. The number of nitrogens with two attached hydrogens (primary N) is 1. The third kappa shape index (κ3) is 4.40. The second-order valence-corrected chi connectivity index (χ2v) is 4.39. The van der Waals surface area contributed by atoms with Crippen LogP contribution in [0.25, 0.3) is 0 Å². The van der Waals surface area contributed by atoms with Gasteiger partial charge in [0.2, 0.25) is 0 Å². The highest BCUT2D eigenvalue weighted by molar-refractivity contribution is 7.98. The number of rotatable bonds is 6. The van der Waals surface area contributed by atoms with Crippen LogP contribution in [0.2, 0.25) is 0 Å². The van der Waals surface area contributed by atoms with Gasteiger partial charge < -0.3 is 15.4 Å². The molecule has 0 aromatic carbocycles. The zero-order valence-electron chi connectivity index (χ0n) is 10.2. The largest absolute Gasteiger partial charge is 0.464 e. The third-order valence-corrected chi connectivity index (χ3v) is 3.04. The fraction of sp³-hybridized carbons (Fsp3) is 0.800. The molecule has 1 amide bonds. The van der Waals surface area contributed by atoms with Crippen molar-refractivity contribution >= 4 is 23.6 Å². The second kappa shape index (κ2) is 7.51. The SMILES string of the molecule is CCOC(=O)C(N)C(=O)N(C)C(C)CSC. The van der Waals surface area contributed by atoms with Crippen LogP contribution in [0, 0.1) is 0 Å². The van der Waals surface area contributed by atoms with Gasteiger partial charge in [-0.25, -0.2) is 4.79 Å². The zero-order valence-corrected chi connectivity index (χ0v) is 11.0. The normalized spacial score (nSPS) is 14.1. The van der Waals surface area contributed by atoms with E-state index in [0.29, 0.717) is 0 Å². The predicted molar refractivity (Wildman–Crippen MR) is 65.2 cm³/mol. The molecule has 0 saturated heterocycles. The Bertz CT molecular complexity index is 248. The van der Waals surface area contributed by atoms with Gasteiger partial charge in [-0.05, 0) is 20.1 Å². The topological polar surface area (TPSA) is 72.6 Å². The molecule has 2 N–H and O–H groups in total. The smallest absolute Gasteiger partial charge is 0.332 e. The van der Waals surface area contributed by atoms with E-state index in [0.717, 1.165) is 5.75 Å². The van der Waals surface area contributed by atoms with Gasteiger partial charge >= 0.3 is 5.97 Å². The number of esters is 1. The fourth-order valence-corrected chi connectivity index (χ4v) is 1.83. The average Bonchev–Trinajstić information content (AvgIpc) is 2.26. The molecule has 0 aromatic rings. The molecule has 0 heterocycles. The van der Waals surface area contributed by atoms with E-state index in [1.807, 2.05) is 13.2 Å². The van der Waals surface area contributed by atoms with Gasteiger partial charge in [0.1, 0.15) is 0 Å². The highest BCUT2D eigenvalue weighted by atomic mass is 32.2. The molecule has 0 aromatic heterocycles. The Balaban J connectivity index is 4.36. The molecule has 0 rings (SSSR count). The zero-order chi connectivity index (χ0) is 12.7. The minimum atomic E-state index is -1.21. The van der Waals surface area contributed by atoms with Crippen LogP contribution in [0.1, 0.15) is 13.8 Å². The van der Waals surface area contributed by atoms with Crippen LogP contribution in [0.4, 0.5) is 0 Å². The van der Waals surface area contributed by atoms with Gasteiger partial charge in [0, 0.05) is 18.8 Å². The van der Waals surface area contributed by atoms with E-state index >= 15 is 0 Å². The number of likely N-dealkylation sites (N-methyl/N-ethyl adjacent to an activating group) is 1. The van der Waals surface area contributed by atoms with Crippen molar-refractivity contribution in [3.05, 3.63) is 0 Å². The van der Waals surface area contributed by atoms with Crippen molar-refractivity contribution in [2.24, 2.45) is 5.73 Å². The fourth-order valence-electron chi connectivity index (χ4n) is 1.12. The molecule has 0 radical (unpaired) electrons. The van der Waals surface area contributed by atoms with Gasteiger partial charge in [-0.2, -0.15) is 11.8 Å². The molecule has 0 aliphatic heterocycles. The van der Waals surface area contributed by atoms with Crippen molar-refractivity contribution in [2.75, 3.05) is 25.7 Å². The van der Waals surface area contributed by atoms with Gasteiger partial charge in [-0.3, -0.25) is 4.79 Å². The first-order chi connectivity index (χ1) is 7.45. The summed E-state index contributed by atoms with van der Waals surface area (Å²) in [6.45, 7) is 3.81. The number of nitrogens with zero attached hydrogens (tertiary/aromatic N) is 1. The van der Waals surface area contributed by atoms with Crippen LogP contribution in [0.15, 0.2) is 0 Å². The van der Waals surface area contributed by atoms with Crippen LogP contribution < -0.4 is 5.73 Å². The van der Waals surface area contributed by atoms with Gasteiger partial charge in [0.05, 0.1) is 6.61 Å². The van der Waals surface area contributed by atoms with E-state index in [4.69, 9.17) is 10.5 Å². The number of hydrogen-bond donors (Lipinski definition) is 1. The number of carbonyl (C=O) groups is 2. The number of ether oxygens (including phenoxy) is 1. The Morgan fingerprint density at radius 3 is 2.50 bits per heavy atom. The summed E-state index contributed by atoms with van der Waals surface area (Å²) >= 11 is 1.63. The standard InChI is InChI=1S/C10H20N2O3S/c1-5-15-10(14)8(11)9(13)12(3)7(2)6-16-4/h7-8H,5-6,11H2,1-4H3. The summed E-state index contributed by atoms with van der Waals surface area (Å²) in [4.78, 5) is 24.5. The number of amides is 1. The second-order valence-electron chi connectivity index (χ2n) is 3.48. The maximum Gasteiger partial charge on any atom is 0.332 e. The quantitative estimate of drug-likeness (QED) is 0.532. The first-order valence-corrected chi connectivity index (χ1v) is 6.52. The van der Waals surface area contributed by atoms with Crippen molar-refractivity contribution in [1.29, 1.82) is 0 Å². The van der Waals surface area contributed by atoms with Crippen molar-refractivity contribution in [1.82, 2.24) is 4.90 Å². The summed E-state index contributed by atoms with van der Waals surface area (Å²) in [7, 11) is 1.64. The van der Waals surface area contributed by atoms with Crippen LogP contribution in [-0.2, 0) is 14.3 Å². The molecular weight excluding hydrogens is 228 g/mol. The molecule has 0 bridgehead atoms. The molecule has 0 aliphatic rings. The van der Waals surface area contributed by atoms with Crippen molar-refractivity contribution in [3.63, 3.8) is 0 Å². The number of carbonyl (C=O) groups excluding carboxylic acids is 2. The van der Waals surface area contributed by atoms with E-state index in [9.17, 15) is 9.59 Å². The van der Waals surface area contributed by atoms with E-state index in [1.165, 1.54) is 4.90 Å². The van der Waals surface area contributed by atoms with E-state index in [-0.39, 0.29) is 12.6 Å². The first-order valence-electron chi connectivity index (χ1n) is 5.13. The Labute approximate surface area is 101 Å². The van der Waals surface area contributed by atoms with Crippen molar-refractivity contribution in [2.45, 2.75) is 25.9 Å². The van der Waals surface area contributed by atoms with E-state index < -0.39 is 17.9 Å². The molecule has 0 saturated carbocycles. The van der Waals surface area contributed by atoms with Gasteiger partial charge in [-0.15, -0.1) is 0 Å². The van der Waals surface area contributed by atoms with Crippen molar-refractivity contribution in [3.8, 4) is 0 Å². The molecule has 0 spiro atoms. The highest BCUT2D eigenvalue weighted by Gasteiger charge is 2.28. The summed E-state index contributed by atoms with van der Waals surface area (Å²) in [5.74, 6) is -0.270. The van der Waals surface area contributed by atoms with E-state index in [1.54, 1.807) is 25.7 Å². The first kappa shape index (κ1) is 15.2. The Morgan fingerprint density at radius 2 is 2.06 bits per heavy atom. The lowest BCUT2D eigenvalue weighted by atomic mass is 10.2. The summed E-state index contributed by atoms with van der Waals surface area (Å²) < 4.78 is 4.70. The lowest BCUT2D eigenvalue weighted by Crippen LogP contribution is -2.50. The molecular formula is C10H20N2O3S. The van der Waals surface area contributed by atoms with Crippen LogP contribution in [-0.4, -0.2) is 54.5 Å². The molecule has 16 heavy (non-hydrogen) atoms. The van der Waals surface area contributed by atoms with Gasteiger partial charge in [0.25, 0.3) is 5.91 Å². The Morgan fingerprint density at radius 1 is 1.50 bits per heavy atom. The average molecular weight is 248 g/mol. The molecule has 0 aliphatic carbocycles. The van der Waals surface area contributed by atoms with Crippen molar-refractivity contribution < 1.29 is 14.3 Å². The maximum absolute atomic E-state index is 11.8. The van der Waals surface area contributed by atoms with Gasteiger partial charge in [0.15, 0.2) is 6.04 Å². The molecule has 94 valence electrons. The summed E-state index contributed by atoms with van der Waals surface area (Å²) in [6, 6.07) is -1.17. The lowest BCUT2D eigenvalue weighted by Gasteiger charge is -2.26. The molecule has 2 unspecified atom stereocenters. The van der Waals surface area contributed by atoms with Gasteiger partial charge in [-0.1, -0.05) is 0 Å².